The quantitative estimate of drug-likeness (QED) is 0.905. The third-order valence-electron chi connectivity index (χ3n) is 3.64. The van der Waals surface area contributed by atoms with Crippen LogP contribution in [-0.2, 0) is 11.2 Å². The topological polar surface area (TPSA) is 78.1 Å². The van der Waals surface area contributed by atoms with Crippen LogP contribution >= 0.6 is 11.6 Å². The summed E-state index contributed by atoms with van der Waals surface area (Å²) in [4.78, 5) is 25.6. The molecule has 0 bridgehead atoms. The fraction of sp³-hybridized carbons (Fsp3) is 0.267. The first-order valence-electron chi connectivity index (χ1n) is 7.02. The molecule has 0 saturated carbocycles. The highest BCUT2D eigenvalue weighted by Crippen LogP contribution is 2.26. The Balaban J connectivity index is 1.73. The molecule has 0 atom stereocenters. The van der Waals surface area contributed by atoms with E-state index < -0.39 is 5.56 Å². The Kier molecular flexibility index (Phi) is 4.11. The van der Waals surface area contributed by atoms with Crippen LogP contribution in [0.2, 0.25) is 5.02 Å². The van der Waals surface area contributed by atoms with Crippen molar-refractivity contribution in [3.05, 3.63) is 51.4 Å². The van der Waals surface area contributed by atoms with E-state index in [9.17, 15) is 9.59 Å². The Morgan fingerprint density at radius 1 is 1.41 bits per heavy atom. The lowest BCUT2D eigenvalue weighted by Crippen LogP contribution is -2.39. The van der Waals surface area contributed by atoms with Gasteiger partial charge in [-0.15, -0.1) is 0 Å². The first-order valence-corrected chi connectivity index (χ1v) is 7.40. The molecule has 2 N–H and O–H groups in total. The summed E-state index contributed by atoms with van der Waals surface area (Å²) in [6.45, 7) is 0.748. The minimum Gasteiger partial charge on any atom is -0.373 e. The Morgan fingerprint density at radius 3 is 3.09 bits per heavy atom. The number of rotatable bonds is 3. The number of hydrogen-bond acceptors (Lipinski definition) is 4. The molecule has 0 aliphatic carbocycles. The molecule has 0 spiro atoms. The second-order valence-corrected chi connectivity index (χ2v) is 5.44. The predicted molar refractivity (Wildman–Crippen MR) is 85.5 cm³/mol. The van der Waals surface area contributed by atoms with Crippen molar-refractivity contribution < 1.29 is 4.79 Å². The van der Waals surface area contributed by atoms with Gasteiger partial charge in [-0.2, -0.15) is 5.10 Å². The molecule has 2 heterocycles. The summed E-state index contributed by atoms with van der Waals surface area (Å²) in [6.07, 6.45) is 3.31. The number of nitrogens with zero attached hydrogens (tertiary/aromatic N) is 2. The zero-order valence-corrected chi connectivity index (χ0v) is 12.6. The molecule has 2 aromatic rings. The van der Waals surface area contributed by atoms with Crippen LogP contribution in [-0.4, -0.2) is 29.2 Å². The Bertz CT molecular complexity index is 759. The lowest BCUT2D eigenvalue weighted by Gasteiger charge is -2.29. The van der Waals surface area contributed by atoms with Crippen LogP contribution in [0.1, 0.15) is 12.0 Å². The van der Waals surface area contributed by atoms with Gasteiger partial charge in [-0.3, -0.25) is 9.59 Å². The van der Waals surface area contributed by atoms with E-state index in [2.05, 4.69) is 15.5 Å². The molecule has 1 aromatic carbocycles. The summed E-state index contributed by atoms with van der Waals surface area (Å²) >= 11 is 5.87. The van der Waals surface area contributed by atoms with Crippen molar-refractivity contribution in [1.82, 2.24) is 10.2 Å². The normalized spacial score (nSPS) is 13.6. The number of hydrogen-bond donors (Lipinski definition) is 2. The second-order valence-electron chi connectivity index (χ2n) is 5.06. The van der Waals surface area contributed by atoms with Crippen molar-refractivity contribution in [2.75, 3.05) is 23.3 Å². The van der Waals surface area contributed by atoms with Gasteiger partial charge in [0.15, 0.2) is 0 Å². The number of nitrogens with one attached hydrogen (secondary N) is 2. The van der Waals surface area contributed by atoms with Gasteiger partial charge >= 0.3 is 0 Å². The maximum Gasteiger partial charge on any atom is 0.285 e. The van der Waals surface area contributed by atoms with Crippen LogP contribution in [0.4, 0.5) is 11.4 Å². The number of aromatic amines is 1. The van der Waals surface area contributed by atoms with E-state index in [4.69, 9.17) is 11.6 Å². The molecule has 7 heteroatoms. The van der Waals surface area contributed by atoms with Crippen LogP contribution in [0.15, 0.2) is 35.3 Å². The minimum atomic E-state index is -0.484. The fourth-order valence-electron chi connectivity index (χ4n) is 2.57. The summed E-state index contributed by atoms with van der Waals surface area (Å²) in [6, 6.07) is 7.90. The Hall–Kier alpha value is -2.34. The molecule has 22 heavy (non-hydrogen) atoms. The second kappa shape index (κ2) is 6.19. The number of carbonyl (C=O) groups excluding carboxylic acids is 1. The molecule has 3 rings (SSSR count). The van der Waals surface area contributed by atoms with Crippen LogP contribution in [0.3, 0.4) is 0 Å². The van der Waals surface area contributed by atoms with Gasteiger partial charge in [0.05, 0.1) is 18.4 Å². The van der Waals surface area contributed by atoms with Gasteiger partial charge in [-0.25, -0.2) is 5.10 Å². The molecule has 114 valence electrons. The van der Waals surface area contributed by atoms with Crippen molar-refractivity contribution >= 4 is 28.9 Å². The molecule has 1 amide bonds. The highest BCUT2D eigenvalue weighted by atomic mass is 35.5. The van der Waals surface area contributed by atoms with Gasteiger partial charge in [-0.1, -0.05) is 29.8 Å². The van der Waals surface area contributed by atoms with Crippen molar-refractivity contribution in [2.45, 2.75) is 12.8 Å². The lowest BCUT2D eigenvalue weighted by atomic mass is 10.0. The molecule has 0 unspecified atom stereocenters. The van der Waals surface area contributed by atoms with Crippen LogP contribution < -0.4 is 15.8 Å². The molecule has 1 aromatic heterocycles. The van der Waals surface area contributed by atoms with Crippen molar-refractivity contribution in [1.29, 1.82) is 0 Å². The van der Waals surface area contributed by atoms with E-state index in [1.54, 1.807) is 4.90 Å². The molecule has 0 fully saturated rings. The number of halogens is 1. The highest BCUT2D eigenvalue weighted by Gasteiger charge is 2.22. The van der Waals surface area contributed by atoms with Gasteiger partial charge in [0.2, 0.25) is 5.91 Å². The van der Waals surface area contributed by atoms with Gasteiger partial charge in [0, 0.05) is 12.2 Å². The first-order chi connectivity index (χ1) is 10.7. The van der Waals surface area contributed by atoms with Gasteiger partial charge in [0.25, 0.3) is 5.56 Å². The van der Waals surface area contributed by atoms with Crippen LogP contribution in [0, 0.1) is 0 Å². The maximum atomic E-state index is 12.4. The fourth-order valence-corrected chi connectivity index (χ4v) is 2.72. The van der Waals surface area contributed by atoms with Crippen molar-refractivity contribution in [2.24, 2.45) is 0 Å². The van der Waals surface area contributed by atoms with Crippen LogP contribution in [0.25, 0.3) is 0 Å². The minimum absolute atomic E-state index is 0.00171. The summed E-state index contributed by atoms with van der Waals surface area (Å²) in [7, 11) is 0. The van der Waals surface area contributed by atoms with Crippen molar-refractivity contribution in [3.63, 3.8) is 0 Å². The third kappa shape index (κ3) is 2.82. The smallest absolute Gasteiger partial charge is 0.285 e. The summed E-state index contributed by atoms with van der Waals surface area (Å²) < 4.78 is 0. The Labute approximate surface area is 132 Å². The Morgan fingerprint density at radius 2 is 2.23 bits per heavy atom. The SMILES string of the molecule is O=C(CNc1cn[nH]c(=O)c1Cl)N1CCCc2ccccc21. The van der Waals surface area contributed by atoms with Crippen LogP contribution in [0.5, 0.6) is 0 Å². The van der Waals surface area contributed by atoms with Gasteiger partial charge < -0.3 is 10.2 Å². The number of para-hydroxylation sites is 1. The van der Waals surface area contributed by atoms with Crippen molar-refractivity contribution in [3.8, 4) is 0 Å². The van der Waals surface area contributed by atoms with E-state index in [0.717, 1.165) is 18.5 Å². The van der Waals surface area contributed by atoms with E-state index in [0.29, 0.717) is 12.2 Å². The molecule has 0 radical (unpaired) electrons. The molecule has 0 saturated heterocycles. The van der Waals surface area contributed by atoms with E-state index in [1.807, 2.05) is 24.3 Å². The highest BCUT2D eigenvalue weighted by molar-refractivity contribution is 6.33. The zero-order chi connectivity index (χ0) is 15.5. The predicted octanol–water partition coefficient (Wildman–Crippen LogP) is 1.81. The molecule has 1 aliphatic rings. The number of anilines is 2. The number of H-pyrrole nitrogens is 1. The third-order valence-corrected chi connectivity index (χ3v) is 4.01. The summed E-state index contributed by atoms with van der Waals surface area (Å²) in [5.41, 5.74) is 2.00. The molecule has 1 aliphatic heterocycles. The van der Waals surface area contributed by atoms with E-state index in [1.165, 1.54) is 11.8 Å². The summed E-state index contributed by atoms with van der Waals surface area (Å²) in [5, 5.41) is 8.77. The average Bonchev–Trinajstić information content (AvgIpc) is 2.55. The molecular weight excluding hydrogens is 304 g/mol. The number of carbonyl (C=O) groups is 1. The van der Waals surface area contributed by atoms with Gasteiger partial charge in [-0.05, 0) is 24.5 Å². The maximum absolute atomic E-state index is 12.4. The average molecular weight is 319 g/mol. The first kappa shape index (κ1) is 14.6. The number of aryl methyl sites for hydroxylation is 1. The monoisotopic (exact) mass is 318 g/mol. The summed E-state index contributed by atoms with van der Waals surface area (Å²) in [5.74, 6) is -0.0662. The number of fused-ring (bicyclic) bond motifs is 1. The van der Waals surface area contributed by atoms with Gasteiger partial charge in [0.1, 0.15) is 5.02 Å². The lowest BCUT2D eigenvalue weighted by molar-refractivity contribution is -0.117. The zero-order valence-electron chi connectivity index (χ0n) is 11.8. The number of amides is 1. The standard InChI is InChI=1S/C15H15ClN4O2/c16-14-11(8-18-19-15(14)22)17-9-13(21)20-7-3-5-10-4-1-2-6-12(10)20/h1-2,4,6,8H,3,5,7,9H2,(H2,17,19,22). The van der Waals surface area contributed by atoms with E-state index in [-0.39, 0.29) is 17.5 Å². The molecule has 6 nitrogen and oxygen atoms in total. The molecular formula is C15H15ClN4O2. The van der Waals surface area contributed by atoms with E-state index >= 15 is 0 Å². The number of benzene rings is 1. The number of aromatic nitrogens is 2. The largest absolute Gasteiger partial charge is 0.373 e.